The van der Waals surface area contributed by atoms with Gasteiger partial charge < -0.3 is 10.1 Å². The van der Waals surface area contributed by atoms with Gasteiger partial charge in [-0.15, -0.1) is 11.8 Å². The maximum atomic E-state index is 13.5. The third-order valence-electron chi connectivity index (χ3n) is 4.71. The second kappa shape index (κ2) is 10.6. The van der Waals surface area contributed by atoms with Crippen molar-refractivity contribution in [1.82, 2.24) is 0 Å². The molecule has 32 heavy (non-hydrogen) atoms. The predicted octanol–water partition coefficient (Wildman–Crippen LogP) is 4.95. The second-order valence-electron chi connectivity index (χ2n) is 7.00. The molecule has 0 spiro atoms. The van der Waals surface area contributed by atoms with Crippen molar-refractivity contribution in [2.45, 2.75) is 23.6 Å². The Labute approximate surface area is 193 Å². The van der Waals surface area contributed by atoms with Crippen molar-refractivity contribution in [3.63, 3.8) is 0 Å². The lowest BCUT2D eigenvalue weighted by molar-refractivity contribution is -0.114. The standard InChI is InChI=1S/C24H26N2O4S2/c1-4-30-20-13-15-21(16-14-20)32(28,29)26(19-11-9-18(2)10-12-19)17-24(27)25-22-7-5-6-8-23(22)31-3/h5-16H,4,17H2,1-3H3,(H,25,27). The highest BCUT2D eigenvalue weighted by Crippen LogP contribution is 2.27. The zero-order valence-electron chi connectivity index (χ0n) is 18.2. The molecule has 0 aliphatic rings. The summed E-state index contributed by atoms with van der Waals surface area (Å²) < 4.78 is 33.5. The number of nitrogens with zero attached hydrogens (tertiary/aromatic N) is 1. The fourth-order valence-corrected chi connectivity index (χ4v) is 5.07. The van der Waals surface area contributed by atoms with Crippen molar-refractivity contribution in [2.75, 3.05) is 29.0 Å². The van der Waals surface area contributed by atoms with E-state index in [4.69, 9.17) is 4.74 Å². The summed E-state index contributed by atoms with van der Waals surface area (Å²) >= 11 is 1.50. The highest BCUT2D eigenvalue weighted by atomic mass is 32.2. The fraction of sp³-hybridized carbons (Fsp3) is 0.208. The van der Waals surface area contributed by atoms with E-state index in [1.54, 1.807) is 30.3 Å². The summed E-state index contributed by atoms with van der Waals surface area (Å²) in [4.78, 5) is 13.9. The second-order valence-corrected chi connectivity index (χ2v) is 9.71. The highest BCUT2D eigenvalue weighted by Gasteiger charge is 2.27. The molecule has 0 aromatic heterocycles. The first-order valence-electron chi connectivity index (χ1n) is 10.1. The number of nitrogens with one attached hydrogen (secondary N) is 1. The van der Waals surface area contributed by atoms with Gasteiger partial charge in [0, 0.05) is 4.90 Å². The Balaban J connectivity index is 1.93. The summed E-state index contributed by atoms with van der Waals surface area (Å²) in [5.74, 6) is 0.154. The van der Waals surface area contributed by atoms with Crippen LogP contribution < -0.4 is 14.4 Å². The number of anilines is 2. The molecule has 1 amide bonds. The third-order valence-corrected chi connectivity index (χ3v) is 7.30. The number of aryl methyl sites for hydroxylation is 1. The smallest absolute Gasteiger partial charge is 0.264 e. The van der Waals surface area contributed by atoms with Crippen LogP contribution in [-0.4, -0.2) is 33.7 Å². The molecule has 3 rings (SSSR count). The van der Waals surface area contributed by atoms with Crippen LogP contribution >= 0.6 is 11.8 Å². The number of benzene rings is 3. The van der Waals surface area contributed by atoms with Crippen molar-refractivity contribution in [1.29, 1.82) is 0 Å². The molecular weight excluding hydrogens is 444 g/mol. The Morgan fingerprint density at radius 1 is 1.00 bits per heavy atom. The number of amides is 1. The summed E-state index contributed by atoms with van der Waals surface area (Å²) in [7, 11) is -3.99. The molecule has 0 saturated heterocycles. The van der Waals surface area contributed by atoms with Crippen LogP contribution in [-0.2, 0) is 14.8 Å². The molecule has 0 saturated carbocycles. The average molecular weight is 471 g/mol. The molecule has 0 bridgehead atoms. The molecule has 168 valence electrons. The van der Waals surface area contributed by atoms with E-state index < -0.39 is 15.9 Å². The van der Waals surface area contributed by atoms with Crippen LogP contribution in [0.1, 0.15) is 12.5 Å². The molecular formula is C24H26N2O4S2. The van der Waals surface area contributed by atoms with Crippen LogP contribution in [0.5, 0.6) is 5.75 Å². The zero-order valence-corrected chi connectivity index (χ0v) is 19.9. The third kappa shape index (κ3) is 5.63. The molecule has 3 aromatic rings. The maximum absolute atomic E-state index is 13.5. The summed E-state index contributed by atoms with van der Waals surface area (Å²) in [6.07, 6.45) is 1.92. The van der Waals surface area contributed by atoms with Crippen molar-refractivity contribution in [2.24, 2.45) is 0 Å². The van der Waals surface area contributed by atoms with Gasteiger partial charge in [0.15, 0.2) is 0 Å². The zero-order chi connectivity index (χ0) is 23.1. The van der Waals surface area contributed by atoms with Gasteiger partial charge in [-0.05, 0) is 68.6 Å². The lowest BCUT2D eigenvalue weighted by Gasteiger charge is -2.24. The average Bonchev–Trinajstić information content (AvgIpc) is 2.79. The normalized spacial score (nSPS) is 11.1. The van der Waals surface area contributed by atoms with E-state index in [0.29, 0.717) is 23.7 Å². The van der Waals surface area contributed by atoms with Crippen LogP contribution in [0.25, 0.3) is 0 Å². The molecule has 3 aromatic carbocycles. The Bertz CT molecular complexity index is 1160. The number of ether oxygens (including phenoxy) is 1. The number of carbonyl (C=O) groups excluding carboxylic acids is 1. The van der Waals surface area contributed by atoms with Crippen molar-refractivity contribution in [3.8, 4) is 5.75 Å². The van der Waals surface area contributed by atoms with Gasteiger partial charge >= 0.3 is 0 Å². The Hall–Kier alpha value is -2.97. The number of rotatable bonds is 9. The summed E-state index contributed by atoms with van der Waals surface area (Å²) in [5.41, 5.74) is 2.05. The summed E-state index contributed by atoms with van der Waals surface area (Å²) in [5, 5.41) is 2.84. The van der Waals surface area contributed by atoms with Crippen LogP contribution in [0.15, 0.2) is 82.6 Å². The SMILES string of the molecule is CCOc1ccc(S(=O)(=O)N(CC(=O)Nc2ccccc2SC)c2ccc(C)cc2)cc1. The number of hydrogen-bond acceptors (Lipinski definition) is 5. The highest BCUT2D eigenvalue weighted by molar-refractivity contribution is 7.98. The first-order chi connectivity index (χ1) is 15.3. The summed E-state index contributed by atoms with van der Waals surface area (Å²) in [6, 6.07) is 20.6. The van der Waals surface area contributed by atoms with Crippen molar-refractivity contribution >= 4 is 39.1 Å². The topological polar surface area (TPSA) is 75.7 Å². The van der Waals surface area contributed by atoms with E-state index in [1.807, 2.05) is 50.4 Å². The van der Waals surface area contributed by atoms with Gasteiger partial charge in [-0.3, -0.25) is 9.10 Å². The van der Waals surface area contributed by atoms with Crippen LogP contribution in [0, 0.1) is 6.92 Å². The lowest BCUT2D eigenvalue weighted by Crippen LogP contribution is -2.38. The Morgan fingerprint density at radius 3 is 2.28 bits per heavy atom. The van der Waals surface area contributed by atoms with E-state index in [2.05, 4.69) is 5.32 Å². The van der Waals surface area contributed by atoms with Gasteiger partial charge in [-0.25, -0.2) is 8.42 Å². The molecule has 0 atom stereocenters. The quantitative estimate of drug-likeness (QED) is 0.448. The largest absolute Gasteiger partial charge is 0.494 e. The molecule has 0 unspecified atom stereocenters. The van der Waals surface area contributed by atoms with Gasteiger partial charge in [-0.1, -0.05) is 29.8 Å². The molecule has 1 N–H and O–H groups in total. The molecule has 8 heteroatoms. The molecule has 0 aliphatic heterocycles. The Morgan fingerprint density at radius 2 is 1.66 bits per heavy atom. The van der Waals surface area contributed by atoms with Crippen LogP contribution in [0.2, 0.25) is 0 Å². The number of thioether (sulfide) groups is 1. The fourth-order valence-electron chi connectivity index (χ4n) is 3.10. The van der Waals surface area contributed by atoms with Gasteiger partial charge in [0.25, 0.3) is 10.0 Å². The lowest BCUT2D eigenvalue weighted by atomic mass is 10.2. The van der Waals surface area contributed by atoms with E-state index >= 15 is 0 Å². The molecule has 6 nitrogen and oxygen atoms in total. The van der Waals surface area contributed by atoms with Crippen LogP contribution in [0.3, 0.4) is 0 Å². The van der Waals surface area contributed by atoms with E-state index in [9.17, 15) is 13.2 Å². The monoisotopic (exact) mass is 470 g/mol. The van der Waals surface area contributed by atoms with E-state index in [0.717, 1.165) is 14.8 Å². The number of sulfonamides is 1. The number of para-hydroxylation sites is 1. The van der Waals surface area contributed by atoms with Gasteiger partial charge in [0.05, 0.1) is 22.9 Å². The Kier molecular flexibility index (Phi) is 7.82. The van der Waals surface area contributed by atoms with Gasteiger partial charge in [-0.2, -0.15) is 0 Å². The first-order valence-corrected chi connectivity index (χ1v) is 12.8. The minimum absolute atomic E-state index is 0.0823. The maximum Gasteiger partial charge on any atom is 0.264 e. The number of carbonyl (C=O) groups is 1. The minimum Gasteiger partial charge on any atom is -0.494 e. The van der Waals surface area contributed by atoms with E-state index in [1.165, 1.54) is 23.9 Å². The molecule has 0 radical (unpaired) electrons. The molecule has 0 fully saturated rings. The summed E-state index contributed by atoms with van der Waals surface area (Å²) in [6.45, 7) is 3.90. The van der Waals surface area contributed by atoms with Gasteiger partial charge in [0.2, 0.25) is 5.91 Å². The predicted molar refractivity (Wildman–Crippen MR) is 130 cm³/mol. The molecule has 0 heterocycles. The van der Waals surface area contributed by atoms with Gasteiger partial charge in [0.1, 0.15) is 12.3 Å². The first kappa shape index (κ1) is 23.7. The van der Waals surface area contributed by atoms with E-state index in [-0.39, 0.29) is 11.4 Å². The van der Waals surface area contributed by atoms with Crippen LogP contribution in [0.4, 0.5) is 11.4 Å². The van der Waals surface area contributed by atoms with Crippen molar-refractivity contribution in [3.05, 3.63) is 78.4 Å². The molecule has 0 aliphatic carbocycles. The number of hydrogen-bond donors (Lipinski definition) is 1. The minimum atomic E-state index is -3.99. The van der Waals surface area contributed by atoms with Crippen molar-refractivity contribution < 1.29 is 17.9 Å².